The molecule has 0 saturated heterocycles. The van der Waals surface area contributed by atoms with E-state index >= 15 is 0 Å². The van der Waals surface area contributed by atoms with Gasteiger partial charge in [0.25, 0.3) is 10.0 Å². The van der Waals surface area contributed by atoms with Crippen LogP contribution in [0.4, 0.5) is 5.00 Å². The van der Waals surface area contributed by atoms with Crippen LogP contribution in [0.5, 0.6) is 0 Å². The Hall–Kier alpha value is -1.55. The van der Waals surface area contributed by atoms with Gasteiger partial charge in [-0.15, -0.1) is 23.1 Å². The van der Waals surface area contributed by atoms with E-state index in [1.807, 2.05) is 13.3 Å². The Labute approximate surface area is 161 Å². The van der Waals surface area contributed by atoms with E-state index in [1.165, 1.54) is 18.4 Å². The van der Waals surface area contributed by atoms with Crippen LogP contribution in [0.3, 0.4) is 0 Å². The molecule has 1 aliphatic heterocycles. The number of rotatable bonds is 5. The Bertz CT molecular complexity index is 920. The highest BCUT2D eigenvalue weighted by atomic mass is 32.2. The van der Waals surface area contributed by atoms with E-state index in [4.69, 9.17) is 4.74 Å². The lowest BCUT2D eigenvalue weighted by atomic mass is 10.0. The normalized spacial score (nSPS) is 14.7. The minimum atomic E-state index is -3.79. The fourth-order valence-corrected chi connectivity index (χ4v) is 5.89. The molecule has 6 nitrogen and oxygen atoms in total. The Balaban J connectivity index is 1.99. The first-order valence-electron chi connectivity index (χ1n) is 7.94. The molecule has 0 amide bonds. The molecule has 1 aliphatic rings. The standard InChI is InChI=1S/C17H20N2O4S3/c1-19-9-8-13-14(10-19)25-16(15(13)17(20)23-2)18-26(21,22)12-6-4-11(24-3)5-7-12/h4-7,18H,8-10H2,1-3H3. The third-order valence-electron chi connectivity index (χ3n) is 4.23. The van der Waals surface area contributed by atoms with Gasteiger partial charge in [-0.2, -0.15) is 0 Å². The van der Waals surface area contributed by atoms with Gasteiger partial charge in [-0.1, -0.05) is 0 Å². The van der Waals surface area contributed by atoms with Crippen LogP contribution >= 0.6 is 23.1 Å². The molecule has 140 valence electrons. The zero-order chi connectivity index (χ0) is 18.9. The molecule has 0 bridgehead atoms. The first-order chi connectivity index (χ1) is 12.4. The molecular formula is C17H20N2O4S3. The number of hydrogen-bond donors (Lipinski definition) is 1. The summed E-state index contributed by atoms with van der Waals surface area (Å²) in [4.78, 5) is 16.6. The minimum absolute atomic E-state index is 0.162. The van der Waals surface area contributed by atoms with Crippen LogP contribution in [0.25, 0.3) is 0 Å². The average Bonchev–Trinajstić information content (AvgIpc) is 2.97. The van der Waals surface area contributed by atoms with Crippen molar-refractivity contribution in [1.82, 2.24) is 4.90 Å². The van der Waals surface area contributed by atoms with E-state index in [0.29, 0.717) is 23.5 Å². The molecular weight excluding hydrogens is 392 g/mol. The molecule has 0 saturated carbocycles. The highest BCUT2D eigenvalue weighted by molar-refractivity contribution is 7.98. The van der Waals surface area contributed by atoms with Crippen LogP contribution in [0.1, 0.15) is 20.8 Å². The molecule has 1 aromatic heterocycles. The van der Waals surface area contributed by atoms with Gasteiger partial charge in [-0.25, -0.2) is 13.2 Å². The maximum Gasteiger partial charge on any atom is 0.341 e. The van der Waals surface area contributed by atoms with Gasteiger partial charge in [-0.3, -0.25) is 4.72 Å². The van der Waals surface area contributed by atoms with E-state index < -0.39 is 16.0 Å². The van der Waals surface area contributed by atoms with Crippen molar-refractivity contribution in [3.8, 4) is 0 Å². The van der Waals surface area contributed by atoms with Crippen molar-refractivity contribution < 1.29 is 17.9 Å². The quantitative estimate of drug-likeness (QED) is 0.601. The molecule has 1 aromatic carbocycles. The molecule has 0 atom stereocenters. The molecule has 0 aliphatic carbocycles. The predicted octanol–water partition coefficient (Wildman–Crippen LogP) is 3.05. The van der Waals surface area contributed by atoms with Crippen LogP contribution in [0.15, 0.2) is 34.1 Å². The van der Waals surface area contributed by atoms with Crippen molar-refractivity contribution >= 4 is 44.1 Å². The Morgan fingerprint density at radius 2 is 2.00 bits per heavy atom. The van der Waals surface area contributed by atoms with E-state index in [2.05, 4.69) is 9.62 Å². The fraction of sp³-hybridized carbons (Fsp3) is 0.353. The number of hydrogen-bond acceptors (Lipinski definition) is 7. The highest BCUT2D eigenvalue weighted by Gasteiger charge is 2.29. The van der Waals surface area contributed by atoms with Gasteiger partial charge in [0.2, 0.25) is 0 Å². The summed E-state index contributed by atoms with van der Waals surface area (Å²) in [7, 11) is -0.482. The summed E-state index contributed by atoms with van der Waals surface area (Å²) in [5, 5.41) is 0.325. The van der Waals surface area contributed by atoms with Gasteiger partial charge in [0.1, 0.15) is 5.00 Å². The van der Waals surface area contributed by atoms with Crippen molar-refractivity contribution in [3.05, 3.63) is 40.3 Å². The number of likely N-dealkylation sites (N-methyl/N-ethyl adjacent to an activating group) is 1. The largest absolute Gasteiger partial charge is 0.465 e. The number of benzene rings is 1. The number of esters is 1. The van der Waals surface area contributed by atoms with Crippen LogP contribution < -0.4 is 4.72 Å². The summed E-state index contributed by atoms with van der Waals surface area (Å²) < 4.78 is 33.0. The van der Waals surface area contributed by atoms with E-state index in [1.54, 1.807) is 36.0 Å². The zero-order valence-corrected chi connectivity index (χ0v) is 17.2. The van der Waals surface area contributed by atoms with Gasteiger partial charge in [-0.05, 0) is 49.6 Å². The monoisotopic (exact) mass is 412 g/mol. The number of thioether (sulfide) groups is 1. The van der Waals surface area contributed by atoms with Crippen molar-refractivity contribution in [2.75, 3.05) is 31.7 Å². The van der Waals surface area contributed by atoms with E-state index in [0.717, 1.165) is 21.9 Å². The van der Waals surface area contributed by atoms with E-state index in [-0.39, 0.29) is 4.90 Å². The van der Waals surface area contributed by atoms with Crippen LogP contribution in [-0.2, 0) is 27.7 Å². The minimum Gasteiger partial charge on any atom is -0.465 e. The fourth-order valence-electron chi connectivity index (χ4n) is 2.86. The summed E-state index contributed by atoms with van der Waals surface area (Å²) in [6, 6.07) is 6.64. The first kappa shape index (κ1) is 19.2. The second-order valence-corrected chi connectivity index (χ2v) is 9.64. The van der Waals surface area contributed by atoms with Gasteiger partial charge >= 0.3 is 5.97 Å². The number of thiophene rings is 1. The number of nitrogens with zero attached hydrogens (tertiary/aromatic N) is 1. The highest BCUT2D eigenvalue weighted by Crippen LogP contribution is 2.38. The van der Waals surface area contributed by atoms with Crippen molar-refractivity contribution in [2.24, 2.45) is 0 Å². The summed E-state index contributed by atoms with van der Waals surface area (Å²) in [6.07, 6.45) is 2.62. The summed E-state index contributed by atoms with van der Waals surface area (Å²) >= 11 is 2.84. The van der Waals surface area contributed by atoms with Gasteiger partial charge in [0.15, 0.2) is 0 Å². The lowest BCUT2D eigenvalue weighted by molar-refractivity contribution is 0.0600. The zero-order valence-electron chi connectivity index (χ0n) is 14.7. The molecule has 3 rings (SSSR count). The van der Waals surface area contributed by atoms with Crippen LogP contribution in [0.2, 0.25) is 0 Å². The molecule has 0 fully saturated rings. The molecule has 9 heteroatoms. The lowest BCUT2D eigenvalue weighted by Crippen LogP contribution is -2.26. The second kappa shape index (κ2) is 7.59. The molecule has 26 heavy (non-hydrogen) atoms. The lowest BCUT2D eigenvalue weighted by Gasteiger charge is -2.22. The molecule has 0 spiro atoms. The maximum atomic E-state index is 12.8. The summed E-state index contributed by atoms with van der Waals surface area (Å²) in [5.41, 5.74) is 1.22. The number of nitrogens with one attached hydrogen (secondary N) is 1. The summed E-state index contributed by atoms with van der Waals surface area (Å²) in [6.45, 7) is 1.50. The molecule has 0 radical (unpaired) electrons. The third kappa shape index (κ3) is 3.75. The number of ether oxygens (including phenoxy) is 1. The number of carbonyl (C=O) groups is 1. The SMILES string of the molecule is COC(=O)c1c(NS(=O)(=O)c2ccc(SC)cc2)sc2c1CCN(C)C2. The van der Waals surface area contributed by atoms with E-state index in [9.17, 15) is 13.2 Å². The Kier molecular flexibility index (Phi) is 5.61. The van der Waals surface area contributed by atoms with Crippen molar-refractivity contribution in [2.45, 2.75) is 22.8 Å². The number of fused-ring (bicyclic) bond motifs is 1. The maximum absolute atomic E-state index is 12.8. The van der Waals surface area contributed by atoms with Crippen molar-refractivity contribution in [3.63, 3.8) is 0 Å². The number of anilines is 1. The van der Waals surface area contributed by atoms with Gasteiger partial charge in [0.05, 0.1) is 17.6 Å². The Morgan fingerprint density at radius 3 is 2.62 bits per heavy atom. The third-order valence-corrected chi connectivity index (χ3v) is 7.60. The smallest absolute Gasteiger partial charge is 0.341 e. The first-order valence-corrected chi connectivity index (χ1v) is 11.5. The number of methoxy groups -OCH3 is 1. The molecule has 2 aromatic rings. The molecule has 0 unspecified atom stereocenters. The molecule has 2 heterocycles. The summed E-state index contributed by atoms with van der Waals surface area (Å²) in [5.74, 6) is -0.512. The number of sulfonamides is 1. The second-order valence-electron chi connectivity index (χ2n) is 5.97. The van der Waals surface area contributed by atoms with Crippen molar-refractivity contribution in [1.29, 1.82) is 0 Å². The molecule has 1 N–H and O–H groups in total. The van der Waals surface area contributed by atoms with Crippen LogP contribution in [0, 0.1) is 0 Å². The number of carbonyl (C=O) groups excluding carboxylic acids is 1. The Morgan fingerprint density at radius 1 is 1.31 bits per heavy atom. The van der Waals surface area contributed by atoms with Crippen LogP contribution in [-0.4, -0.2) is 46.2 Å². The average molecular weight is 413 g/mol. The predicted molar refractivity (Wildman–Crippen MR) is 105 cm³/mol. The topological polar surface area (TPSA) is 75.7 Å². The van der Waals surface area contributed by atoms with Gasteiger partial charge < -0.3 is 9.64 Å². The van der Waals surface area contributed by atoms with Gasteiger partial charge in [0, 0.05) is 22.9 Å².